The molecule has 1 unspecified atom stereocenters. The summed E-state index contributed by atoms with van der Waals surface area (Å²) in [5, 5.41) is 0. The van der Waals surface area contributed by atoms with Gasteiger partial charge in [0, 0.05) is 19.1 Å². The number of unbranched alkanes of at least 4 members (excludes halogenated alkanes) is 1. The average molecular weight is 234 g/mol. The molecule has 0 saturated carbocycles. The average Bonchev–Trinajstić information content (AvgIpc) is 2.39. The van der Waals surface area contributed by atoms with Crippen molar-refractivity contribution in [2.24, 2.45) is 11.1 Å². The Morgan fingerprint density at radius 2 is 2.07 bits per heavy atom. The molecule has 90 valence electrons. The van der Waals surface area contributed by atoms with Crippen LogP contribution in [0.3, 0.4) is 0 Å². The van der Waals surface area contributed by atoms with Crippen LogP contribution in [0, 0.1) is 5.41 Å². The fourth-order valence-electron chi connectivity index (χ4n) is 1.77. The van der Waals surface area contributed by atoms with Crippen molar-refractivity contribution in [3.63, 3.8) is 0 Å². The Morgan fingerprint density at radius 3 is 2.47 bits per heavy atom. The summed E-state index contributed by atoms with van der Waals surface area (Å²) in [7, 11) is -3.07. The molecule has 0 aromatic rings. The van der Waals surface area contributed by atoms with E-state index in [1.165, 1.54) is 0 Å². The van der Waals surface area contributed by atoms with Gasteiger partial charge in [0.15, 0.2) is 0 Å². The summed E-state index contributed by atoms with van der Waals surface area (Å²) >= 11 is 0. The second-order valence-electron chi connectivity index (χ2n) is 5.06. The molecule has 1 aliphatic heterocycles. The van der Waals surface area contributed by atoms with E-state index in [2.05, 4.69) is 0 Å². The van der Waals surface area contributed by atoms with Crippen LogP contribution in [0.25, 0.3) is 0 Å². The van der Waals surface area contributed by atoms with Crippen LogP contribution in [-0.4, -0.2) is 37.6 Å². The van der Waals surface area contributed by atoms with Crippen LogP contribution in [0.15, 0.2) is 0 Å². The Hall–Kier alpha value is -0.130. The molecule has 4 nitrogen and oxygen atoms in total. The van der Waals surface area contributed by atoms with Crippen molar-refractivity contribution < 1.29 is 8.42 Å². The highest BCUT2D eigenvalue weighted by molar-refractivity contribution is 7.89. The summed E-state index contributed by atoms with van der Waals surface area (Å²) in [5.74, 6) is 0.256. The van der Waals surface area contributed by atoms with Crippen molar-refractivity contribution in [1.29, 1.82) is 0 Å². The Balaban J connectivity index is 2.68. The van der Waals surface area contributed by atoms with Crippen LogP contribution in [0.1, 0.15) is 33.6 Å². The molecule has 1 saturated heterocycles. The number of hydrogen-bond acceptors (Lipinski definition) is 3. The second kappa shape index (κ2) is 4.39. The first-order valence-electron chi connectivity index (χ1n) is 5.53. The topological polar surface area (TPSA) is 63.4 Å². The second-order valence-corrected chi connectivity index (χ2v) is 7.15. The fourth-order valence-corrected chi connectivity index (χ4v) is 3.60. The van der Waals surface area contributed by atoms with Gasteiger partial charge in [0.1, 0.15) is 0 Å². The summed E-state index contributed by atoms with van der Waals surface area (Å²) < 4.78 is 25.3. The van der Waals surface area contributed by atoms with Crippen LogP contribution >= 0.6 is 0 Å². The molecular weight excluding hydrogens is 212 g/mol. The number of nitrogens with two attached hydrogens (primary N) is 1. The molecule has 0 radical (unpaired) electrons. The molecule has 0 amide bonds. The molecule has 15 heavy (non-hydrogen) atoms. The van der Waals surface area contributed by atoms with Gasteiger partial charge in [-0.1, -0.05) is 27.2 Å². The van der Waals surface area contributed by atoms with E-state index in [9.17, 15) is 8.42 Å². The van der Waals surface area contributed by atoms with Gasteiger partial charge in [-0.05, 0) is 11.8 Å². The first-order chi connectivity index (χ1) is 6.79. The minimum absolute atomic E-state index is 0.0473. The zero-order chi connectivity index (χ0) is 11.7. The highest BCUT2D eigenvalue weighted by Crippen LogP contribution is 2.30. The lowest BCUT2D eigenvalue weighted by molar-refractivity contribution is 0.347. The monoisotopic (exact) mass is 234 g/mol. The van der Waals surface area contributed by atoms with Gasteiger partial charge in [0.25, 0.3) is 0 Å². The van der Waals surface area contributed by atoms with Crippen LogP contribution in [0.2, 0.25) is 0 Å². The van der Waals surface area contributed by atoms with E-state index >= 15 is 0 Å². The van der Waals surface area contributed by atoms with Crippen molar-refractivity contribution in [3.05, 3.63) is 0 Å². The van der Waals surface area contributed by atoms with E-state index < -0.39 is 10.0 Å². The fraction of sp³-hybridized carbons (Fsp3) is 1.00. The molecule has 1 aliphatic rings. The maximum atomic E-state index is 11.9. The van der Waals surface area contributed by atoms with Gasteiger partial charge in [-0.15, -0.1) is 0 Å². The van der Waals surface area contributed by atoms with E-state index in [0.717, 1.165) is 12.8 Å². The molecule has 2 N–H and O–H groups in total. The molecule has 1 heterocycles. The lowest BCUT2D eigenvalue weighted by atomic mass is 9.89. The third-order valence-electron chi connectivity index (χ3n) is 3.14. The third kappa shape index (κ3) is 2.92. The smallest absolute Gasteiger partial charge is 0.214 e. The van der Waals surface area contributed by atoms with Crippen LogP contribution in [0.5, 0.6) is 0 Å². The van der Waals surface area contributed by atoms with Gasteiger partial charge in [0.2, 0.25) is 10.0 Å². The van der Waals surface area contributed by atoms with E-state index in [0.29, 0.717) is 13.1 Å². The summed E-state index contributed by atoms with van der Waals surface area (Å²) in [6.45, 7) is 7.06. The van der Waals surface area contributed by atoms with Crippen molar-refractivity contribution in [2.45, 2.75) is 39.7 Å². The van der Waals surface area contributed by atoms with Crippen molar-refractivity contribution >= 4 is 10.0 Å². The summed E-state index contributed by atoms with van der Waals surface area (Å²) in [6.07, 6.45) is 1.64. The lowest BCUT2D eigenvalue weighted by Crippen LogP contribution is -2.35. The molecule has 0 spiro atoms. The minimum Gasteiger partial charge on any atom is -0.326 e. The molecule has 0 aliphatic carbocycles. The predicted octanol–water partition coefficient (Wildman–Crippen LogP) is 0.785. The standard InChI is InChI=1S/C10H22N2O2S/c1-4-5-6-15(13,14)12-7-9(11)10(2,3)8-12/h9H,4-8,11H2,1-3H3. The first kappa shape index (κ1) is 12.9. The van der Waals surface area contributed by atoms with Crippen molar-refractivity contribution in [2.75, 3.05) is 18.8 Å². The van der Waals surface area contributed by atoms with E-state index in [1.807, 2.05) is 20.8 Å². The maximum Gasteiger partial charge on any atom is 0.214 e. The summed E-state index contributed by atoms with van der Waals surface area (Å²) in [6, 6.07) is -0.0473. The van der Waals surface area contributed by atoms with Crippen molar-refractivity contribution in [3.8, 4) is 0 Å². The molecule has 0 aromatic carbocycles. The van der Waals surface area contributed by atoms with Gasteiger partial charge >= 0.3 is 0 Å². The molecule has 1 fully saturated rings. The zero-order valence-corrected chi connectivity index (χ0v) is 10.7. The zero-order valence-electron chi connectivity index (χ0n) is 9.86. The Bertz CT molecular complexity index is 311. The number of rotatable bonds is 4. The Morgan fingerprint density at radius 1 is 1.47 bits per heavy atom. The highest BCUT2D eigenvalue weighted by Gasteiger charge is 2.41. The maximum absolute atomic E-state index is 11.9. The van der Waals surface area contributed by atoms with Crippen LogP contribution in [-0.2, 0) is 10.0 Å². The summed E-state index contributed by atoms with van der Waals surface area (Å²) in [4.78, 5) is 0. The first-order valence-corrected chi connectivity index (χ1v) is 7.14. The van der Waals surface area contributed by atoms with Gasteiger partial charge < -0.3 is 5.73 Å². The Kier molecular flexibility index (Phi) is 3.79. The van der Waals surface area contributed by atoms with Crippen molar-refractivity contribution in [1.82, 2.24) is 4.31 Å². The molecule has 0 bridgehead atoms. The summed E-state index contributed by atoms with van der Waals surface area (Å²) in [5.41, 5.74) is 5.82. The highest BCUT2D eigenvalue weighted by atomic mass is 32.2. The number of sulfonamides is 1. The van der Waals surface area contributed by atoms with Crippen LogP contribution in [0.4, 0.5) is 0 Å². The quantitative estimate of drug-likeness (QED) is 0.782. The minimum atomic E-state index is -3.07. The van der Waals surface area contributed by atoms with Gasteiger partial charge in [-0.2, -0.15) is 4.31 Å². The lowest BCUT2D eigenvalue weighted by Gasteiger charge is -2.21. The van der Waals surface area contributed by atoms with Crippen LogP contribution < -0.4 is 5.73 Å². The SMILES string of the molecule is CCCCS(=O)(=O)N1CC(N)C(C)(C)C1. The third-order valence-corrected chi connectivity index (χ3v) is 5.01. The predicted molar refractivity (Wildman–Crippen MR) is 62.0 cm³/mol. The molecule has 1 atom stereocenters. The number of nitrogens with zero attached hydrogens (tertiary/aromatic N) is 1. The molecule has 1 rings (SSSR count). The van der Waals surface area contributed by atoms with Gasteiger partial charge in [0.05, 0.1) is 5.75 Å². The molecular formula is C10H22N2O2S. The largest absolute Gasteiger partial charge is 0.326 e. The molecule has 0 aromatic heterocycles. The van der Waals surface area contributed by atoms with E-state index in [1.54, 1.807) is 4.31 Å². The molecule has 5 heteroatoms. The number of hydrogen-bond donors (Lipinski definition) is 1. The van der Waals surface area contributed by atoms with E-state index in [4.69, 9.17) is 5.73 Å². The normalized spacial score (nSPS) is 27.1. The van der Waals surface area contributed by atoms with Gasteiger partial charge in [-0.3, -0.25) is 0 Å². The Labute approximate surface area is 92.9 Å². The van der Waals surface area contributed by atoms with Gasteiger partial charge in [-0.25, -0.2) is 8.42 Å². The van der Waals surface area contributed by atoms with E-state index in [-0.39, 0.29) is 17.2 Å².